The van der Waals surface area contributed by atoms with E-state index in [1.807, 2.05) is 18.2 Å². The van der Waals surface area contributed by atoms with Gasteiger partial charge >= 0.3 is 0 Å². The van der Waals surface area contributed by atoms with Crippen molar-refractivity contribution in [3.8, 4) is 0 Å². The lowest BCUT2D eigenvalue weighted by Crippen LogP contribution is -2.50. The van der Waals surface area contributed by atoms with Gasteiger partial charge in [-0.3, -0.25) is 9.59 Å². The van der Waals surface area contributed by atoms with Crippen LogP contribution in [0, 0.1) is 18.8 Å². The molecule has 3 aromatic rings. The van der Waals surface area contributed by atoms with Crippen LogP contribution >= 0.6 is 0 Å². The Hall–Kier alpha value is -3.04. The predicted octanol–water partition coefficient (Wildman–Crippen LogP) is 5.50. The van der Waals surface area contributed by atoms with Gasteiger partial charge in [0, 0.05) is 52.4 Å². The Bertz CT molecular complexity index is 1400. The molecule has 5 rings (SSSR count). The second kappa shape index (κ2) is 17.2. The van der Waals surface area contributed by atoms with Gasteiger partial charge < -0.3 is 30.1 Å². The highest BCUT2D eigenvalue weighted by Crippen LogP contribution is 2.36. The number of nitrogens with zero attached hydrogens (tertiary/aromatic N) is 1. The maximum Gasteiger partial charge on any atom is 0.253 e. The van der Waals surface area contributed by atoms with Crippen LogP contribution in [0.4, 0.5) is 11.4 Å². The maximum atomic E-state index is 13.1. The van der Waals surface area contributed by atoms with Crippen molar-refractivity contribution in [2.45, 2.75) is 89.5 Å². The number of aliphatic hydroxyl groups is 1. The SMILES string of the molecule is COCCCO[C@@H](c1ccccc1)[C@@H]1CCCN(c2c(N[C@@H](CC3CCCCC3)[C@@H](O)CNCc3ccc(C)cc3)c(=O)c2=O)C1. The number of aliphatic hydroxyl groups excluding tert-OH is 1. The van der Waals surface area contributed by atoms with Gasteiger partial charge in [0.25, 0.3) is 10.9 Å². The molecule has 2 fully saturated rings. The third-order valence-corrected chi connectivity index (χ3v) is 9.92. The summed E-state index contributed by atoms with van der Waals surface area (Å²) in [6.07, 6.45) is 8.61. The molecule has 1 aliphatic carbocycles. The summed E-state index contributed by atoms with van der Waals surface area (Å²) in [5, 5.41) is 18.3. The zero-order valence-corrected chi connectivity index (χ0v) is 27.7. The molecule has 1 heterocycles. The van der Waals surface area contributed by atoms with Crippen LogP contribution in [0.15, 0.2) is 64.2 Å². The van der Waals surface area contributed by atoms with Gasteiger partial charge in [-0.05, 0) is 49.7 Å². The zero-order chi connectivity index (χ0) is 32.3. The van der Waals surface area contributed by atoms with Crippen LogP contribution in [0.1, 0.15) is 80.6 Å². The van der Waals surface area contributed by atoms with E-state index in [0.717, 1.165) is 56.2 Å². The minimum absolute atomic E-state index is 0.107. The number of benzene rings is 2. The summed E-state index contributed by atoms with van der Waals surface area (Å²) >= 11 is 0. The van der Waals surface area contributed by atoms with Crippen molar-refractivity contribution < 1.29 is 14.6 Å². The van der Waals surface area contributed by atoms with Gasteiger partial charge in [0.15, 0.2) is 0 Å². The minimum Gasteiger partial charge on any atom is -0.390 e. The van der Waals surface area contributed by atoms with E-state index in [1.165, 1.54) is 24.8 Å². The standard InChI is InChI=1S/C38H53N3O5/c1-27-16-18-29(19-17-27)24-39-25-33(42)32(23-28-11-5-3-6-12-28)40-34-35(37(44)36(34)43)41-20-9-15-31(26-41)38(46-22-10-21-45-2)30-13-7-4-8-14-30/h4,7-8,13-14,16-19,28,31-33,38-40,42H,3,5-6,9-12,15,20-26H2,1-2H3/t31-,32+,33+,38+/m1/s1. The molecular formula is C38H53N3O5. The van der Waals surface area contributed by atoms with Crippen molar-refractivity contribution in [1.82, 2.24) is 5.32 Å². The average molecular weight is 632 g/mol. The Kier molecular flexibility index (Phi) is 12.8. The number of anilines is 2. The van der Waals surface area contributed by atoms with Gasteiger partial charge in [-0.2, -0.15) is 0 Å². The monoisotopic (exact) mass is 631 g/mol. The van der Waals surface area contributed by atoms with Crippen LogP contribution in [0.3, 0.4) is 0 Å². The summed E-state index contributed by atoms with van der Waals surface area (Å²) in [6, 6.07) is 18.4. The molecular weight excluding hydrogens is 578 g/mol. The molecule has 3 aromatic carbocycles. The van der Waals surface area contributed by atoms with Crippen LogP contribution in [-0.4, -0.2) is 57.2 Å². The molecule has 250 valence electrons. The quantitative estimate of drug-likeness (QED) is 0.133. The highest BCUT2D eigenvalue weighted by Gasteiger charge is 2.35. The Morgan fingerprint density at radius 3 is 2.43 bits per heavy atom. The lowest BCUT2D eigenvalue weighted by atomic mass is 9.83. The van der Waals surface area contributed by atoms with Gasteiger partial charge in [-0.1, -0.05) is 92.3 Å². The lowest BCUT2D eigenvalue weighted by molar-refractivity contribution is -0.00235. The molecule has 0 unspecified atom stereocenters. The number of methoxy groups -OCH3 is 1. The second-order valence-corrected chi connectivity index (χ2v) is 13.5. The molecule has 4 atom stereocenters. The van der Waals surface area contributed by atoms with Crippen LogP contribution in [0.25, 0.3) is 0 Å². The molecule has 3 N–H and O–H groups in total. The molecule has 0 aromatic heterocycles. The first-order chi connectivity index (χ1) is 22.4. The molecule has 8 heteroatoms. The van der Waals surface area contributed by atoms with E-state index >= 15 is 0 Å². The lowest BCUT2D eigenvalue weighted by Gasteiger charge is -2.40. The van der Waals surface area contributed by atoms with Crippen molar-refractivity contribution >= 4 is 11.4 Å². The van der Waals surface area contributed by atoms with E-state index in [1.54, 1.807) is 7.11 Å². The summed E-state index contributed by atoms with van der Waals surface area (Å²) in [4.78, 5) is 28.3. The van der Waals surface area contributed by atoms with Crippen LogP contribution in [-0.2, 0) is 16.0 Å². The first-order valence-corrected chi connectivity index (χ1v) is 17.4. The zero-order valence-electron chi connectivity index (χ0n) is 27.7. The smallest absolute Gasteiger partial charge is 0.253 e. The first kappa shape index (κ1) is 34.3. The topological polar surface area (TPSA) is 100 Å². The minimum atomic E-state index is -0.707. The molecule has 1 aliphatic heterocycles. The van der Waals surface area contributed by atoms with Gasteiger partial charge in [-0.15, -0.1) is 0 Å². The first-order valence-electron chi connectivity index (χ1n) is 17.4. The maximum absolute atomic E-state index is 13.1. The van der Waals surface area contributed by atoms with E-state index < -0.39 is 17.0 Å². The van der Waals surface area contributed by atoms with E-state index in [0.29, 0.717) is 50.1 Å². The molecule has 0 amide bonds. The number of rotatable bonds is 17. The van der Waals surface area contributed by atoms with E-state index in [2.05, 4.69) is 58.9 Å². The van der Waals surface area contributed by atoms with Gasteiger partial charge in [-0.25, -0.2) is 0 Å². The fourth-order valence-corrected chi connectivity index (χ4v) is 7.33. The van der Waals surface area contributed by atoms with Crippen LogP contribution < -0.4 is 26.4 Å². The van der Waals surface area contributed by atoms with E-state index in [-0.39, 0.29) is 18.1 Å². The van der Waals surface area contributed by atoms with E-state index in [9.17, 15) is 14.7 Å². The number of piperidine rings is 1. The van der Waals surface area contributed by atoms with Crippen molar-refractivity contribution in [1.29, 1.82) is 0 Å². The van der Waals surface area contributed by atoms with Gasteiger partial charge in [0.2, 0.25) is 0 Å². The average Bonchev–Trinajstić information content (AvgIpc) is 3.09. The third-order valence-electron chi connectivity index (χ3n) is 9.92. The Balaban J connectivity index is 1.29. The summed E-state index contributed by atoms with van der Waals surface area (Å²) < 4.78 is 11.7. The molecule has 1 saturated carbocycles. The van der Waals surface area contributed by atoms with Crippen molar-refractivity contribution in [2.75, 3.05) is 50.2 Å². The summed E-state index contributed by atoms with van der Waals surface area (Å²) in [7, 11) is 1.70. The molecule has 0 spiro atoms. The number of nitrogens with one attached hydrogen (secondary N) is 2. The fourth-order valence-electron chi connectivity index (χ4n) is 7.33. The van der Waals surface area contributed by atoms with Crippen LogP contribution in [0.5, 0.6) is 0 Å². The Morgan fingerprint density at radius 1 is 0.935 bits per heavy atom. The van der Waals surface area contributed by atoms with Crippen LogP contribution in [0.2, 0.25) is 0 Å². The molecule has 0 radical (unpaired) electrons. The summed E-state index contributed by atoms with van der Waals surface area (Å²) in [5.74, 6) is 0.666. The highest BCUT2D eigenvalue weighted by molar-refractivity contribution is 5.75. The third kappa shape index (κ3) is 9.06. The molecule has 46 heavy (non-hydrogen) atoms. The van der Waals surface area contributed by atoms with Crippen molar-refractivity contribution in [3.05, 3.63) is 91.7 Å². The summed E-state index contributed by atoms with van der Waals surface area (Å²) in [6.45, 7) is 5.72. The molecule has 1 saturated heterocycles. The largest absolute Gasteiger partial charge is 0.390 e. The second-order valence-electron chi connectivity index (χ2n) is 13.5. The van der Waals surface area contributed by atoms with E-state index in [4.69, 9.17) is 9.47 Å². The summed E-state index contributed by atoms with van der Waals surface area (Å²) in [5.41, 5.74) is 3.47. The molecule has 2 aliphatic rings. The normalized spacial score (nSPS) is 19.6. The molecule has 0 bridgehead atoms. The van der Waals surface area contributed by atoms with Crippen molar-refractivity contribution in [2.24, 2.45) is 11.8 Å². The fraction of sp³-hybridized carbons (Fsp3) is 0.579. The number of hydrogen-bond acceptors (Lipinski definition) is 8. The highest BCUT2D eigenvalue weighted by atomic mass is 16.5. The van der Waals surface area contributed by atoms with Gasteiger partial charge in [0.1, 0.15) is 11.4 Å². The Labute approximate surface area is 274 Å². The number of ether oxygens (including phenoxy) is 2. The van der Waals surface area contributed by atoms with Crippen molar-refractivity contribution in [3.63, 3.8) is 0 Å². The molecule has 8 nitrogen and oxygen atoms in total. The predicted molar refractivity (Wildman–Crippen MR) is 185 cm³/mol. The number of hydrogen-bond donors (Lipinski definition) is 3. The van der Waals surface area contributed by atoms with Gasteiger partial charge in [0.05, 0.1) is 18.2 Å². The Morgan fingerprint density at radius 2 is 1.70 bits per heavy atom. The number of aryl methyl sites for hydroxylation is 1.